The molecule has 0 bridgehead atoms. The number of ether oxygens (including phenoxy) is 1. The smallest absolute Gasteiger partial charge is 0.234 e. The summed E-state index contributed by atoms with van der Waals surface area (Å²) >= 11 is 0. The largest absolute Gasteiger partial charge is 0.497 e. The van der Waals surface area contributed by atoms with Crippen LogP contribution in [0.4, 0.5) is 5.69 Å². The van der Waals surface area contributed by atoms with Gasteiger partial charge in [-0.2, -0.15) is 0 Å². The van der Waals surface area contributed by atoms with E-state index in [1.165, 1.54) is 24.9 Å². The van der Waals surface area contributed by atoms with Crippen LogP contribution < -0.4 is 15.0 Å². The Labute approximate surface area is 151 Å². The van der Waals surface area contributed by atoms with Crippen molar-refractivity contribution >= 4 is 11.6 Å². The van der Waals surface area contributed by atoms with E-state index in [2.05, 4.69) is 34.2 Å². The standard InChI is InChI=1S/C20H31N3O2/c1-16-6-3-4-9-19(16)21-20(24)15-22-10-12-23(13-11-22)17-7-5-8-18(14-17)25-2/h5,7-8,14,16,19H,3-4,6,9-13,15H2,1-2H3,(H,21,24). The van der Waals surface area contributed by atoms with Crippen molar-refractivity contribution in [3.8, 4) is 5.75 Å². The molecule has 1 aromatic carbocycles. The van der Waals surface area contributed by atoms with Crippen LogP contribution in [-0.2, 0) is 4.79 Å². The van der Waals surface area contributed by atoms with Gasteiger partial charge in [-0.05, 0) is 30.9 Å². The van der Waals surface area contributed by atoms with Crippen molar-refractivity contribution in [3.05, 3.63) is 24.3 Å². The van der Waals surface area contributed by atoms with Gasteiger partial charge in [0.1, 0.15) is 5.75 Å². The lowest BCUT2D eigenvalue weighted by Crippen LogP contribution is -2.51. The Morgan fingerprint density at radius 2 is 1.96 bits per heavy atom. The Kier molecular flexibility index (Phi) is 6.19. The quantitative estimate of drug-likeness (QED) is 0.891. The normalized spacial score (nSPS) is 24.8. The van der Waals surface area contributed by atoms with Gasteiger partial charge in [0.05, 0.1) is 13.7 Å². The van der Waals surface area contributed by atoms with Crippen LogP contribution in [-0.4, -0.2) is 56.7 Å². The molecule has 0 aromatic heterocycles. The van der Waals surface area contributed by atoms with Gasteiger partial charge < -0.3 is 15.0 Å². The molecule has 1 heterocycles. The van der Waals surface area contributed by atoms with E-state index in [1.54, 1.807) is 7.11 Å². The van der Waals surface area contributed by atoms with Crippen molar-refractivity contribution in [2.75, 3.05) is 44.7 Å². The monoisotopic (exact) mass is 345 g/mol. The lowest BCUT2D eigenvalue weighted by Gasteiger charge is -2.36. The fourth-order valence-corrected chi connectivity index (χ4v) is 3.96. The average Bonchev–Trinajstić information content (AvgIpc) is 2.64. The molecule has 1 saturated heterocycles. The molecule has 5 heteroatoms. The van der Waals surface area contributed by atoms with Crippen LogP contribution in [0.25, 0.3) is 0 Å². The summed E-state index contributed by atoms with van der Waals surface area (Å²) in [7, 11) is 1.70. The molecule has 5 nitrogen and oxygen atoms in total. The van der Waals surface area contributed by atoms with Crippen LogP contribution in [0.1, 0.15) is 32.6 Å². The van der Waals surface area contributed by atoms with E-state index >= 15 is 0 Å². The first-order valence-corrected chi connectivity index (χ1v) is 9.56. The van der Waals surface area contributed by atoms with Crippen LogP contribution in [0.15, 0.2) is 24.3 Å². The van der Waals surface area contributed by atoms with E-state index in [9.17, 15) is 4.79 Å². The Morgan fingerprint density at radius 1 is 1.20 bits per heavy atom. The minimum Gasteiger partial charge on any atom is -0.497 e. The number of benzene rings is 1. The number of carbonyl (C=O) groups is 1. The predicted octanol–water partition coefficient (Wildman–Crippen LogP) is 2.51. The van der Waals surface area contributed by atoms with Crippen molar-refractivity contribution in [2.45, 2.75) is 38.6 Å². The highest BCUT2D eigenvalue weighted by atomic mass is 16.5. The predicted molar refractivity (Wildman–Crippen MR) is 101 cm³/mol. The van der Waals surface area contributed by atoms with Crippen molar-refractivity contribution in [3.63, 3.8) is 0 Å². The van der Waals surface area contributed by atoms with Crippen LogP contribution in [0.2, 0.25) is 0 Å². The first kappa shape index (κ1) is 18.1. The fourth-order valence-electron chi connectivity index (χ4n) is 3.96. The molecule has 2 atom stereocenters. The van der Waals surface area contributed by atoms with Crippen LogP contribution in [0, 0.1) is 5.92 Å². The topological polar surface area (TPSA) is 44.8 Å². The third kappa shape index (κ3) is 4.88. The van der Waals surface area contributed by atoms with Crippen LogP contribution in [0.3, 0.4) is 0 Å². The van der Waals surface area contributed by atoms with Gasteiger partial charge in [0.15, 0.2) is 0 Å². The van der Waals surface area contributed by atoms with E-state index in [0.717, 1.165) is 38.3 Å². The Hall–Kier alpha value is -1.75. The fraction of sp³-hybridized carbons (Fsp3) is 0.650. The number of methoxy groups -OCH3 is 1. The molecular weight excluding hydrogens is 314 g/mol. The number of hydrogen-bond donors (Lipinski definition) is 1. The highest BCUT2D eigenvalue weighted by Gasteiger charge is 2.24. The zero-order valence-corrected chi connectivity index (χ0v) is 15.5. The Bertz CT molecular complexity index is 570. The number of hydrogen-bond acceptors (Lipinski definition) is 4. The summed E-state index contributed by atoms with van der Waals surface area (Å²) in [5.74, 6) is 1.69. The highest BCUT2D eigenvalue weighted by molar-refractivity contribution is 5.78. The van der Waals surface area contributed by atoms with Crippen molar-refractivity contribution < 1.29 is 9.53 Å². The first-order chi connectivity index (χ1) is 12.2. The lowest BCUT2D eigenvalue weighted by molar-refractivity contribution is -0.123. The zero-order chi connectivity index (χ0) is 17.6. The molecule has 3 rings (SSSR count). The van der Waals surface area contributed by atoms with Gasteiger partial charge in [-0.3, -0.25) is 9.69 Å². The third-order valence-corrected chi connectivity index (χ3v) is 5.62. The van der Waals surface area contributed by atoms with E-state index in [0.29, 0.717) is 18.5 Å². The molecule has 0 spiro atoms. The minimum absolute atomic E-state index is 0.189. The van der Waals surface area contributed by atoms with E-state index in [-0.39, 0.29) is 5.91 Å². The number of rotatable bonds is 5. The molecule has 2 unspecified atom stereocenters. The van der Waals surface area contributed by atoms with Crippen LogP contribution >= 0.6 is 0 Å². The number of carbonyl (C=O) groups excluding carboxylic acids is 1. The molecule has 1 aromatic rings. The summed E-state index contributed by atoms with van der Waals surface area (Å²) in [5.41, 5.74) is 1.19. The Morgan fingerprint density at radius 3 is 2.68 bits per heavy atom. The maximum absolute atomic E-state index is 12.4. The number of nitrogens with zero attached hydrogens (tertiary/aromatic N) is 2. The van der Waals surface area contributed by atoms with Gasteiger partial charge in [0.25, 0.3) is 0 Å². The van der Waals surface area contributed by atoms with Crippen molar-refractivity contribution in [1.82, 2.24) is 10.2 Å². The molecule has 0 radical (unpaired) electrons. The average molecular weight is 345 g/mol. The second-order valence-electron chi connectivity index (χ2n) is 7.40. The van der Waals surface area contributed by atoms with E-state index < -0.39 is 0 Å². The van der Waals surface area contributed by atoms with Crippen LogP contribution in [0.5, 0.6) is 5.75 Å². The van der Waals surface area contributed by atoms with Gasteiger partial charge in [-0.25, -0.2) is 0 Å². The number of anilines is 1. The zero-order valence-electron chi connectivity index (χ0n) is 15.5. The molecule has 1 aliphatic carbocycles. The number of amides is 1. The van der Waals surface area contributed by atoms with Gasteiger partial charge in [-0.1, -0.05) is 25.8 Å². The summed E-state index contributed by atoms with van der Waals surface area (Å²) in [4.78, 5) is 17.0. The second kappa shape index (κ2) is 8.56. The molecule has 25 heavy (non-hydrogen) atoms. The highest BCUT2D eigenvalue weighted by Crippen LogP contribution is 2.24. The minimum atomic E-state index is 0.189. The maximum atomic E-state index is 12.4. The SMILES string of the molecule is COc1cccc(N2CCN(CC(=O)NC3CCCCC3C)CC2)c1. The molecule has 1 aliphatic heterocycles. The summed E-state index contributed by atoms with van der Waals surface area (Å²) in [6.45, 7) is 6.52. The van der Waals surface area contributed by atoms with E-state index in [1.807, 2.05) is 12.1 Å². The first-order valence-electron chi connectivity index (χ1n) is 9.56. The number of piperazine rings is 1. The van der Waals surface area contributed by atoms with Crippen molar-refractivity contribution in [1.29, 1.82) is 0 Å². The second-order valence-corrected chi connectivity index (χ2v) is 7.40. The van der Waals surface area contributed by atoms with Gasteiger partial charge in [0, 0.05) is 44.0 Å². The molecule has 2 fully saturated rings. The van der Waals surface area contributed by atoms with Gasteiger partial charge in [-0.15, -0.1) is 0 Å². The summed E-state index contributed by atoms with van der Waals surface area (Å²) in [5, 5.41) is 3.26. The molecule has 1 saturated carbocycles. The maximum Gasteiger partial charge on any atom is 0.234 e. The van der Waals surface area contributed by atoms with Crippen molar-refractivity contribution in [2.24, 2.45) is 5.92 Å². The van der Waals surface area contributed by atoms with Gasteiger partial charge >= 0.3 is 0 Å². The van der Waals surface area contributed by atoms with E-state index in [4.69, 9.17) is 4.74 Å². The summed E-state index contributed by atoms with van der Waals surface area (Å²) in [6.07, 6.45) is 4.93. The molecule has 138 valence electrons. The molecule has 2 aliphatic rings. The number of nitrogens with one attached hydrogen (secondary N) is 1. The lowest BCUT2D eigenvalue weighted by atomic mass is 9.86. The summed E-state index contributed by atoms with van der Waals surface area (Å²) < 4.78 is 5.31. The summed E-state index contributed by atoms with van der Waals surface area (Å²) in [6, 6.07) is 8.57. The molecular formula is C20H31N3O2. The molecule has 1 N–H and O–H groups in total. The van der Waals surface area contributed by atoms with Gasteiger partial charge in [0.2, 0.25) is 5.91 Å². The Balaban J connectivity index is 1.45. The third-order valence-electron chi connectivity index (χ3n) is 5.62. The molecule has 1 amide bonds.